The van der Waals surface area contributed by atoms with Crippen molar-refractivity contribution in [1.82, 2.24) is 9.80 Å². The molecule has 4 atom stereocenters. The molecule has 11 nitrogen and oxygen atoms in total. The molecule has 3 aromatic rings. The van der Waals surface area contributed by atoms with Crippen molar-refractivity contribution in [3.63, 3.8) is 0 Å². The first kappa shape index (κ1) is 35.0. The summed E-state index contributed by atoms with van der Waals surface area (Å²) in [6.45, 7) is 8.21. The fraction of sp³-hybridized carbons (Fsp3) is 0.459. The maximum Gasteiger partial charge on any atom is 0.323 e. The third-order valence-electron chi connectivity index (χ3n) is 8.72. The molecular formula is C37H48N4O7. The molecule has 2 aliphatic heterocycles. The molecule has 3 amide bonds. The molecule has 3 N–H and O–H groups in total. The van der Waals surface area contributed by atoms with E-state index in [-0.39, 0.29) is 37.4 Å². The van der Waals surface area contributed by atoms with Crippen LogP contribution < -0.4 is 24.8 Å². The normalized spacial score (nSPS) is 20.8. The average Bonchev–Trinajstić information content (AvgIpc) is 3.54. The van der Waals surface area contributed by atoms with Crippen LogP contribution in [0.15, 0.2) is 66.7 Å². The van der Waals surface area contributed by atoms with Crippen LogP contribution in [0.1, 0.15) is 56.0 Å². The van der Waals surface area contributed by atoms with Crippen LogP contribution in [0, 0.1) is 5.92 Å². The largest absolute Gasteiger partial charge is 0.490 e. The maximum atomic E-state index is 14.4. The molecule has 0 saturated carbocycles. The van der Waals surface area contributed by atoms with Gasteiger partial charge in [0.25, 0.3) is 5.91 Å². The first-order valence-electron chi connectivity index (χ1n) is 16.7. The maximum absolute atomic E-state index is 14.4. The number of ether oxygens (including phenoxy) is 4. The highest BCUT2D eigenvalue weighted by Gasteiger charge is 2.30. The van der Waals surface area contributed by atoms with E-state index >= 15 is 0 Å². The van der Waals surface area contributed by atoms with Crippen LogP contribution in [-0.4, -0.2) is 85.2 Å². The molecule has 11 heteroatoms. The number of aliphatic hydroxyl groups is 1. The van der Waals surface area contributed by atoms with Gasteiger partial charge in [-0.15, -0.1) is 0 Å². The van der Waals surface area contributed by atoms with Crippen LogP contribution in [0.4, 0.5) is 16.2 Å². The van der Waals surface area contributed by atoms with E-state index in [9.17, 15) is 14.7 Å². The standard InChI is InChI=1S/C37H48N4O7/c1-25-20-41(26(2)23-42)36(43)31-19-30(39-37(44)38-29-11-6-5-7-12-29)14-16-32(31)48-27(3)10-8-9-17-45-35(25)22-40(4)21-28-13-15-33-34(18-28)47-24-46-33/h5-7,11-16,18-19,25-27,35,42H,8-10,17,20-24H2,1-4H3,(H2,38,39,44)/t25-,26+,27+,35+/m0/s1. The number of hydrogen-bond acceptors (Lipinski definition) is 8. The second-order valence-electron chi connectivity index (χ2n) is 12.8. The highest BCUT2D eigenvalue weighted by Crippen LogP contribution is 2.33. The number of para-hydroxylation sites is 1. The van der Waals surface area contributed by atoms with E-state index < -0.39 is 12.1 Å². The van der Waals surface area contributed by atoms with Gasteiger partial charge in [0, 0.05) is 43.5 Å². The van der Waals surface area contributed by atoms with Gasteiger partial charge in [0.15, 0.2) is 11.5 Å². The Morgan fingerprint density at radius 2 is 1.73 bits per heavy atom. The SMILES string of the molecule is C[C@@H]1CCCCO[C@H](CN(C)Cc2ccc3c(c2)OCO3)[C@@H](C)CN([C@H](C)CO)C(=O)c2cc(NC(=O)Nc3ccccc3)ccc2O1. The lowest BCUT2D eigenvalue weighted by atomic mass is 10.0. The second kappa shape index (κ2) is 16.7. The van der Waals surface area contributed by atoms with Gasteiger partial charge < -0.3 is 39.6 Å². The van der Waals surface area contributed by atoms with Crippen molar-refractivity contribution < 1.29 is 33.6 Å². The number of rotatable bonds is 8. The zero-order valence-electron chi connectivity index (χ0n) is 28.3. The molecule has 0 saturated heterocycles. The van der Waals surface area contributed by atoms with Gasteiger partial charge in [-0.3, -0.25) is 9.69 Å². The highest BCUT2D eigenvalue weighted by atomic mass is 16.7. The minimum Gasteiger partial charge on any atom is -0.490 e. The molecule has 0 radical (unpaired) electrons. The number of nitrogens with zero attached hydrogens (tertiary/aromatic N) is 2. The number of fused-ring (bicyclic) bond motifs is 2. The van der Waals surface area contributed by atoms with Gasteiger partial charge in [0.1, 0.15) is 5.75 Å². The lowest BCUT2D eigenvalue weighted by Gasteiger charge is -2.36. The highest BCUT2D eigenvalue weighted by molar-refractivity contribution is 6.02. The zero-order chi connectivity index (χ0) is 34.0. The van der Waals surface area contributed by atoms with Crippen molar-refractivity contribution in [3.8, 4) is 17.2 Å². The molecule has 0 fully saturated rings. The van der Waals surface area contributed by atoms with Crippen LogP contribution in [0.3, 0.4) is 0 Å². The van der Waals surface area contributed by atoms with E-state index in [2.05, 4.69) is 29.5 Å². The molecule has 3 aromatic carbocycles. The topological polar surface area (TPSA) is 122 Å². The molecule has 0 unspecified atom stereocenters. The summed E-state index contributed by atoms with van der Waals surface area (Å²) in [6, 6.07) is 19.3. The van der Waals surface area contributed by atoms with E-state index in [0.29, 0.717) is 48.9 Å². The van der Waals surface area contributed by atoms with Gasteiger partial charge in [-0.05, 0) is 88.2 Å². The average molecular weight is 661 g/mol. The molecule has 0 spiro atoms. The summed E-state index contributed by atoms with van der Waals surface area (Å²) in [5, 5.41) is 15.9. The van der Waals surface area contributed by atoms with Crippen molar-refractivity contribution in [1.29, 1.82) is 0 Å². The summed E-state index contributed by atoms with van der Waals surface area (Å²) < 4.78 is 23.9. The molecular weight excluding hydrogens is 612 g/mol. The van der Waals surface area contributed by atoms with Crippen LogP contribution in [-0.2, 0) is 11.3 Å². The number of nitrogens with one attached hydrogen (secondary N) is 2. The summed E-state index contributed by atoms with van der Waals surface area (Å²) in [5.41, 5.74) is 2.52. The molecule has 5 rings (SSSR count). The van der Waals surface area contributed by atoms with E-state index in [1.54, 1.807) is 35.2 Å². The zero-order valence-corrected chi connectivity index (χ0v) is 28.3. The molecule has 0 aliphatic carbocycles. The lowest BCUT2D eigenvalue weighted by molar-refractivity contribution is -0.0177. The number of carbonyl (C=O) groups is 2. The van der Waals surface area contributed by atoms with Gasteiger partial charge >= 0.3 is 6.03 Å². The number of amides is 3. The van der Waals surface area contributed by atoms with Crippen molar-refractivity contribution in [2.75, 3.05) is 50.8 Å². The third kappa shape index (κ3) is 9.40. The monoisotopic (exact) mass is 660 g/mol. The van der Waals surface area contributed by atoms with Crippen molar-refractivity contribution in [2.24, 2.45) is 5.92 Å². The number of anilines is 2. The van der Waals surface area contributed by atoms with Crippen LogP contribution >= 0.6 is 0 Å². The van der Waals surface area contributed by atoms with E-state index in [0.717, 1.165) is 36.3 Å². The molecule has 2 heterocycles. The minimum absolute atomic E-state index is 0.0636. The molecule has 48 heavy (non-hydrogen) atoms. The van der Waals surface area contributed by atoms with Crippen molar-refractivity contribution in [2.45, 2.75) is 64.8 Å². The Morgan fingerprint density at radius 3 is 2.52 bits per heavy atom. The van der Waals surface area contributed by atoms with Crippen LogP contribution in [0.25, 0.3) is 0 Å². The van der Waals surface area contributed by atoms with Crippen molar-refractivity contribution in [3.05, 3.63) is 77.9 Å². The molecule has 258 valence electrons. The lowest BCUT2D eigenvalue weighted by Crippen LogP contribution is -2.47. The number of likely N-dealkylation sites (N-methyl/N-ethyl adjacent to an activating group) is 1. The fourth-order valence-corrected chi connectivity index (χ4v) is 6.00. The summed E-state index contributed by atoms with van der Waals surface area (Å²) >= 11 is 0. The first-order chi connectivity index (χ1) is 23.2. The van der Waals surface area contributed by atoms with Gasteiger partial charge in [-0.25, -0.2) is 4.79 Å². The Balaban J connectivity index is 1.36. The minimum atomic E-state index is -0.469. The van der Waals surface area contributed by atoms with Crippen LogP contribution in [0.5, 0.6) is 17.2 Å². The second-order valence-corrected chi connectivity index (χ2v) is 12.8. The van der Waals surface area contributed by atoms with Crippen molar-refractivity contribution >= 4 is 23.3 Å². The summed E-state index contributed by atoms with van der Waals surface area (Å²) in [6.07, 6.45) is 2.26. The number of hydrogen-bond donors (Lipinski definition) is 3. The van der Waals surface area contributed by atoms with Gasteiger partial charge in [0.05, 0.1) is 30.4 Å². The van der Waals surface area contributed by atoms with Gasteiger partial charge in [0.2, 0.25) is 6.79 Å². The van der Waals surface area contributed by atoms with E-state index in [1.807, 2.05) is 50.2 Å². The quantitative estimate of drug-likeness (QED) is 0.270. The Kier molecular flexibility index (Phi) is 12.2. The smallest absolute Gasteiger partial charge is 0.323 e. The Morgan fingerprint density at radius 1 is 0.979 bits per heavy atom. The fourth-order valence-electron chi connectivity index (χ4n) is 6.00. The van der Waals surface area contributed by atoms with Gasteiger partial charge in [-0.2, -0.15) is 0 Å². The predicted octanol–water partition coefficient (Wildman–Crippen LogP) is 5.99. The Hall–Kier alpha value is -4.32. The molecule has 0 aromatic heterocycles. The van der Waals surface area contributed by atoms with Gasteiger partial charge in [-0.1, -0.05) is 31.2 Å². The van der Waals surface area contributed by atoms with Crippen LogP contribution in [0.2, 0.25) is 0 Å². The summed E-state index contributed by atoms with van der Waals surface area (Å²) in [7, 11) is 2.06. The number of urea groups is 1. The number of aliphatic hydroxyl groups excluding tert-OH is 1. The predicted molar refractivity (Wildman–Crippen MR) is 185 cm³/mol. The number of carbonyl (C=O) groups excluding carboxylic acids is 2. The third-order valence-corrected chi connectivity index (χ3v) is 8.72. The molecule has 2 aliphatic rings. The Bertz CT molecular complexity index is 1520. The summed E-state index contributed by atoms with van der Waals surface area (Å²) in [5.74, 6) is 1.60. The van der Waals surface area contributed by atoms with E-state index in [1.165, 1.54) is 0 Å². The first-order valence-corrected chi connectivity index (χ1v) is 16.7. The Labute approximate surface area is 283 Å². The molecule has 0 bridgehead atoms. The number of benzene rings is 3. The summed E-state index contributed by atoms with van der Waals surface area (Å²) in [4.78, 5) is 31.1. The van der Waals surface area contributed by atoms with E-state index in [4.69, 9.17) is 18.9 Å².